The number of nitrogens with zero attached hydrogens (tertiary/aromatic N) is 1. The molecule has 1 aliphatic heterocycles. The van der Waals surface area contributed by atoms with Gasteiger partial charge in [0, 0.05) is 25.3 Å². The highest BCUT2D eigenvalue weighted by atomic mass is 16.5. The van der Waals surface area contributed by atoms with Crippen LogP contribution in [0.3, 0.4) is 0 Å². The Morgan fingerprint density at radius 3 is 2.73 bits per heavy atom. The molecule has 5 heteroatoms. The predicted molar refractivity (Wildman–Crippen MR) is 89.4 cm³/mol. The lowest BCUT2D eigenvalue weighted by molar-refractivity contribution is 0.0375. The Labute approximate surface area is 133 Å². The number of rotatable bonds is 6. The molecular weight excluding hydrogens is 278 g/mol. The zero-order valence-electron chi connectivity index (χ0n) is 13.6. The third-order valence-electron chi connectivity index (χ3n) is 3.87. The van der Waals surface area contributed by atoms with Gasteiger partial charge in [0.1, 0.15) is 0 Å². The molecule has 0 unspecified atom stereocenters. The highest BCUT2D eigenvalue weighted by molar-refractivity contribution is 5.90. The summed E-state index contributed by atoms with van der Waals surface area (Å²) in [7, 11) is 0. The lowest BCUT2D eigenvalue weighted by Crippen LogP contribution is -2.38. The van der Waals surface area contributed by atoms with Crippen molar-refractivity contribution < 1.29 is 9.53 Å². The lowest BCUT2D eigenvalue weighted by Gasteiger charge is -2.26. The molecule has 1 saturated heterocycles. The monoisotopic (exact) mass is 305 g/mol. The first-order chi connectivity index (χ1) is 10.7. The fraction of sp³-hybridized carbons (Fsp3) is 0.588. The number of urea groups is 1. The first-order valence-corrected chi connectivity index (χ1v) is 8.10. The first kappa shape index (κ1) is 16.8. The van der Waals surface area contributed by atoms with Gasteiger partial charge in [0.2, 0.25) is 0 Å². The van der Waals surface area contributed by atoms with E-state index in [0.29, 0.717) is 12.5 Å². The van der Waals surface area contributed by atoms with E-state index in [1.54, 1.807) is 0 Å². The Balaban J connectivity index is 1.69. The van der Waals surface area contributed by atoms with Gasteiger partial charge in [0.15, 0.2) is 0 Å². The van der Waals surface area contributed by atoms with Crippen LogP contribution in [0, 0.1) is 0 Å². The number of carbonyl (C=O) groups excluding carboxylic acids is 1. The van der Waals surface area contributed by atoms with Crippen LogP contribution in [0.1, 0.15) is 31.7 Å². The minimum absolute atomic E-state index is 0.130. The summed E-state index contributed by atoms with van der Waals surface area (Å²) in [4.78, 5) is 14.4. The van der Waals surface area contributed by atoms with Crippen LogP contribution in [0.15, 0.2) is 24.3 Å². The third-order valence-corrected chi connectivity index (χ3v) is 3.87. The summed E-state index contributed by atoms with van der Waals surface area (Å²) in [6.45, 7) is 9.57. The van der Waals surface area contributed by atoms with E-state index in [-0.39, 0.29) is 6.03 Å². The van der Waals surface area contributed by atoms with Gasteiger partial charge in [-0.3, -0.25) is 4.90 Å². The number of amides is 2. The second-order valence-electron chi connectivity index (χ2n) is 5.93. The fourth-order valence-corrected chi connectivity index (χ4v) is 2.61. The van der Waals surface area contributed by atoms with E-state index in [1.165, 1.54) is 0 Å². The van der Waals surface area contributed by atoms with Gasteiger partial charge in [-0.25, -0.2) is 4.79 Å². The van der Waals surface area contributed by atoms with Gasteiger partial charge >= 0.3 is 6.03 Å². The molecule has 2 rings (SSSR count). The molecule has 0 radical (unpaired) electrons. The Hall–Kier alpha value is -1.59. The summed E-state index contributed by atoms with van der Waals surface area (Å²) < 4.78 is 5.32. The van der Waals surface area contributed by atoms with E-state index in [4.69, 9.17) is 4.74 Å². The number of morpholine rings is 1. The molecule has 122 valence electrons. The molecule has 0 atom stereocenters. The van der Waals surface area contributed by atoms with Crippen molar-refractivity contribution in [3.05, 3.63) is 29.8 Å². The minimum atomic E-state index is -0.130. The van der Waals surface area contributed by atoms with E-state index in [2.05, 4.69) is 35.4 Å². The average molecular weight is 305 g/mol. The lowest BCUT2D eigenvalue weighted by atomic mass is 10.0. The summed E-state index contributed by atoms with van der Waals surface area (Å²) >= 11 is 0. The second kappa shape index (κ2) is 8.76. The molecule has 1 aliphatic rings. The molecule has 22 heavy (non-hydrogen) atoms. The number of carbonyl (C=O) groups is 1. The molecule has 1 aromatic rings. The van der Waals surface area contributed by atoms with Crippen LogP contribution in [-0.2, 0) is 4.74 Å². The van der Waals surface area contributed by atoms with Gasteiger partial charge in [-0.2, -0.15) is 0 Å². The van der Waals surface area contributed by atoms with Gasteiger partial charge < -0.3 is 15.4 Å². The molecule has 5 nitrogen and oxygen atoms in total. The molecule has 0 spiro atoms. The van der Waals surface area contributed by atoms with E-state index in [0.717, 1.165) is 50.5 Å². The second-order valence-corrected chi connectivity index (χ2v) is 5.93. The van der Waals surface area contributed by atoms with Crippen molar-refractivity contribution in [2.45, 2.75) is 26.2 Å². The van der Waals surface area contributed by atoms with Crippen LogP contribution in [0.2, 0.25) is 0 Å². The molecule has 2 N–H and O–H groups in total. The molecular formula is C17H27N3O2. The quantitative estimate of drug-likeness (QED) is 0.795. The molecule has 0 aromatic heterocycles. The Morgan fingerprint density at radius 1 is 1.27 bits per heavy atom. The zero-order chi connectivity index (χ0) is 15.8. The number of anilines is 1. The Bertz CT molecular complexity index is 471. The van der Waals surface area contributed by atoms with Gasteiger partial charge in [0.25, 0.3) is 0 Å². The molecule has 1 aromatic carbocycles. The number of hydrogen-bond acceptors (Lipinski definition) is 3. The maximum absolute atomic E-state index is 12.0. The summed E-state index contributed by atoms with van der Waals surface area (Å²) in [5, 5.41) is 5.88. The molecule has 1 heterocycles. The van der Waals surface area contributed by atoms with Crippen molar-refractivity contribution in [2.75, 3.05) is 44.7 Å². The fourth-order valence-electron chi connectivity index (χ4n) is 2.61. The predicted octanol–water partition coefficient (Wildman–Crippen LogP) is 2.65. The van der Waals surface area contributed by atoms with Crippen LogP contribution in [-0.4, -0.2) is 50.3 Å². The van der Waals surface area contributed by atoms with Gasteiger partial charge in [-0.15, -0.1) is 0 Å². The van der Waals surface area contributed by atoms with E-state index in [1.807, 2.05) is 18.2 Å². The average Bonchev–Trinajstić information content (AvgIpc) is 2.53. The third kappa shape index (κ3) is 5.31. The summed E-state index contributed by atoms with van der Waals surface area (Å²) in [5.41, 5.74) is 2.05. The van der Waals surface area contributed by atoms with Crippen molar-refractivity contribution in [1.82, 2.24) is 10.2 Å². The highest BCUT2D eigenvalue weighted by Crippen LogP contribution is 2.23. The van der Waals surface area contributed by atoms with Crippen molar-refractivity contribution in [3.8, 4) is 0 Å². The SMILES string of the molecule is CC(C)c1ccccc1NC(=O)NCCCN1CCOCC1. The molecule has 1 fully saturated rings. The molecule has 2 amide bonds. The van der Waals surface area contributed by atoms with Crippen LogP contribution in [0.5, 0.6) is 0 Å². The van der Waals surface area contributed by atoms with Gasteiger partial charge in [-0.05, 0) is 30.5 Å². The number of para-hydroxylation sites is 1. The van der Waals surface area contributed by atoms with Crippen molar-refractivity contribution in [1.29, 1.82) is 0 Å². The topological polar surface area (TPSA) is 53.6 Å². The number of ether oxygens (including phenoxy) is 1. The van der Waals surface area contributed by atoms with E-state index < -0.39 is 0 Å². The van der Waals surface area contributed by atoms with Crippen LogP contribution in [0.4, 0.5) is 10.5 Å². The number of benzene rings is 1. The summed E-state index contributed by atoms with van der Waals surface area (Å²) in [6, 6.07) is 7.82. The largest absolute Gasteiger partial charge is 0.379 e. The van der Waals surface area contributed by atoms with Gasteiger partial charge in [0.05, 0.1) is 13.2 Å². The Kier molecular flexibility index (Phi) is 6.68. The maximum Gasteiger partial charge on any atom is 0.319 e. The summed E-state index contributed by atoms with van der Waals surface area (Å²) in [5.74, 6) is 0.387. The molecule has 0 saturated carbocycles. The van der Waals surface area contributed by atoms with Crippen molar-refractivity contribution in [3.63, 3.8) is 0 Å². The minimum Gasteiger partial charge on any atom is -0.379 e. The normalized spacial score (nSPS) is 15.8. The van der Waals surface area contributed by atoms with Crippen LogP contribution < -0.4 is 10.6 Å². The first-order valence-electron chi connectivity index (χ1n) is 8.10. The Morgan fingerprint density at radius 2 is 2.00 bits per heavy atom. The van der Waals surface area contributed by atoms with E-state index in [9.17, 15) is 4.79 Å². The van der Waals surface area contributed by atoms with Crippen molar-refractivity contribution >= 4 is 11.7 Å². The summed E-state index contributed by atoms with van der Waals surface area (Å²) in [6.07, 6.45) is 0.958. The van der Waals surface area contributed by atoms with Crippen molar-refractivity contribution in [2.24, 2.45) is 0 Å². The highest BCUT2D eigenvalue weighted by Gasteiger charge is 2.10. The smallest absolute Gasteiger partial charge is 0.319 e. The maximum atomic E-state index is 12.0. The van der Waals surface area contributed by atoms with Crippen LogP contribution >= 0.6 is 0 Å². The zero-order valence-corrected chi connectivity index (χ0v) is 13.6. The van der Waals surface area contributed by atoms with Crippen LogP contribution in [0.25, 0.3) is 0 Å². The molecule has 0 aliphatic carbocycles. The molecule has 0 bridgehead atoms. The standard InChI is InChI=1S/C17H27N3O2/c1-14(2)15-6-3-4-7-16(15)19-17(21)18-8-5-9-20-10-12-22-13-11-20/h3-4,6-7,14H,5,8-13H2,1-2H3,(H2,18,19,21). The number of nitrogens with one attached hydrogen (secondary N) is 2. The van der Waals surface area contributed by atoms with Gasteiger partial charge in [-0.1, -0.05) is 32.0 Å². The number of hydrogen-bond donors (Lipinski definition) is 2. The van der Waals surface area contributed by atoms with E-state index >= 15 is 0 Å².